The van der Waals surface area contributed by atoms with Crippen molar-refractivity contribution in [2.45, 2.75) is 58.6 Å². The first kappa shape index (κ1) is 16.4. The van der Waals surface area contributed by atoms with Crippen LogP contribution in [0.3, 0.4) is 0 Å². The van der Waals surface area contributed by atoms with Gasteiger partial charge in [-0.05, 0) is 38.6 Å². The van der Waals surface area contributed by atoms with Gasteiger partial charge in [-0.25, -0.2) is 0 Å². The minimum Gasteiger partial charge on any atom is -0.369 e. The van der Waals surface area contributed by atoms with Crippen LogP contribution in [0.15, 0.2) is 0 Å². The Labute approximate surface area is 117 Å². The molecule has 1 aliphatic rings. The number of nitrogens with one attached hydrogen (secondary N) is 1. The lowest BCUT2D eigenvalue weighted by Crippen LogP contribution is -2.52. The van der Waals surface area contributed by atoms with Gasteiger partial charge in [-0.15, -0.1) is 0 Å². The summed E-state index contributed by atoms with van der Waals surface area (Å²) >= 11 is 0. The molecule has 1 N–H and O–H groups in total. The second-order valence-corrected chi connectivity index (χ2v) is 6.11. The van der Waals surface area contributed by atoms with Crippen LogP contribution in [-0.2, 0) is 9.53 Å². The molecule has 1 fully saturated rings. The number of ether oxygens (including phenoxy) is 1. The molecule has 0 aromatic heterocycles. The van der Waals surface area contributed by atoms with Crippen molar-refractivity contribution in [3.8, 4) is 0 Å². The van der Waals surface area contributed by atoms with E-state index in [4.69, 9.17) is 4.74 Å². The number of carbonyl (C=O) groups excluding carboxylic acids is 1. The molecule has 1 amide bonds. The molecule has 2 unspecified atom stereocenters. The van der Waals surface area contributed by atoms with Crippen molar-refractivity contribution in [3.63, 3.8) is 0 Å². The number of hydrogen-bond donors (Lipinski definition) is 1. The van der Waals surface area contributed by atoms with E-state index in [2.05, 4.69) is 19.2 Å². The van der Waals surface area contributed by atoms with E-state index < -0.39 is 5.60 Å². The minimum absolute atomic E-state index is 0.145. The summed E-state index contributed by atoms with van der Waals surface area (Å²) < 4.78 is 5.43. The van der Waals surface area contributed by atoms with E-state index in [1.54, 1.807) is 7.11 Å². The molecule has 4 nitrogen and oxygen atoms in total. The van der Waals surface area contributed by atoms with E-state index in [0.29, 0.717) is 18.4 Å². The average molecular weight is 270 g/mol. The molecule has 1 rings (SSSR count). The van der Waals surface area contributed by atoms with Crippen LogP contribution in [0.2, 0.25) is 0 Å². The zero-order valence-electron chi connectivity index (χ0n) is 13.2. The molecule has 0 aromatic carbocycles. The van der Waals surface area contributed by atoms with E-state index in [1.807, 2.05) is 18.7 Å². The molecule has 0 aliphatic carbocycles. The molecule has 1 heterocycles. The molecular weight excluding hydrogens is 240 g/mol. The van der Waals surface area contributed by atoms with Crippen LogP contribution in [-0.4, -0.2) is 49.2 Å². The van der Waals surface area contributed by atoms with Crippen LogP contribution in [0.5, 0.6) is 0 Å². The highest BCUT2D eigenvalue weighted by Crippen LogP contribution is 2.23. The highest BCUT2D eigenvalue weighted by molar-refractivity contribution is 5.84. The average Bonchev–Trinajstić information content (AvgIpc) is 2.43. The van der Waals surface area contributed by atoms with Gasteiger partial charge in [-0.3, -0.25) is 4.79 Å². The first-order valence-electron chi connectivity index (χ1n) is 7.50. The molecule has 0 saturated carbocycles. The van der Waals surface area contributed by atoms with Gasteiger partial charge in [-0.1, -0.05) is 20.8 Å². The lowest BCUT2D eigenvalue weighted by Gasteiger charge is -2.38. The lowest BCUT2D eigenvalue weighted by molar-refractivity contribution is -0.155. The third kappa shape index (κ3) is 4.46. The maximum Gasteiger partial charge on any atom is 0.254 e. The largest absolute Gasteiger partial charge is 0.369 e. The molecule has 1 saturated heterocycles. The van der Waals surface area contributed by atoms with E-state index in [1.165, 1.54) is 6.42 Å². The van der Waals surface area contributed by atoms with E-state index in [-0.39, 0.29) is 5.91 Å². The second-order valence-electron chi connectivity index (χ2n) is 6.11. The Balaban J connectivity index is 2.56. The van der Waals surface area contributed by atoms with E-state index in [9.17, 15) is 4.79 Å². The fourth-order valence-electron chi connectivity index (χ4n) is 2.54. The van der Waals surface area contributed by atoms with Crippen molar-refractivity contribution >= 4 is 5.91 Å². The fraction of sp³-hybridized carbons (Fsp3) is 0.933. The summed E-state index contributed by atoms with van der Waals surface area (Å²) in [5, 5.41) is 3.47. The van der Waals surface area contributed by atoms with Gasteiger partial charge < -0.3 is 15.0 Å². The van der Waals surface area contributed by atoms with Gasteiger partial charge in [0.1, 0.15) is 5.60 Å². The quantitative estimate of drug-likeness (QED) is 0.803. The van der Waals surface area contributed by atoms with Crippen LogP contribution < -0.4 is 5.32 Å². The summed E-state index contributed by atoms with van der Waals surface area (Å²) in [6, 6.07) is 0.506. The monoisotopic (exact) mass is 270 g/mol. The van der Waals surface area contributed by atoms with E-state index >= 15 is 0 Å². The summed E-state index contributed by atoms with van der Waals surface area (Å²) in [5.74, 6) is 0.713. The minimum atomic E-state index is -0.659. The first-order chi connectivity index (χ1) is 8.92. The molecule has 112 valence electrons. The van der Waals surface area contributed by atoms with Gasteiger partial charge in [0.05, 0.1) is 0 Å². The molecular formula is C15H30N2O2. The van der Waals surface area contributed by atoms with Crippen LogP contribution in [0.25, 0.3) is 0 Å². The van der Waals surface area contributed by atoms with Crippen LogP contribution in [0.1, 0.15) is 47.0 Å². The zero-order chi connectivity index (χ0) is 14.5. The van der Waals surface area contributed by atoms with Gasteiger partial charge in [0, 0.05) is 26.2 Å². The lowest BCUT2D eigenvalue weighted by atomic mass is 9.94. The van der Waals surface area contributed by atoms with Crippen LogP contribution in [0.4, 0.5) is 0 Å². The van der Waals surface area contributed by atoms with Crippen molar-refractivity contribution in [2.75, 3.05) is 26.7 Å². The summed E-state index contributed by atoms with van der Waals surface area (Å²) in [4.78, 5) is 14.5. The maximum absolute atomic E-state index is 12.5. The molecule has 19 heavy (non-hydrogen) atoms. The topological polar surface area (TPSA) is 41.6 Å². The standard InChI is InChI=1S/C15H30N2O2/c1-6-15(4,19-5)14(18)17-9-7-8-13(11-17)10-16-12(2)3/h12-13,16H,6-11H2,1-5H3. The SMILES string of the molecule is CCC(C)(OC)C(=O)N1CCCC(CNC(C)C)C1. The number of methoxy groups -OCH3 is 1. The van der Waals surface area contributed by atoms with Crippen molar-refractivity contribution in [1.29, 1.82) is 0 Å². The number of rotatable bonds is 6. The number of amides is 1. The first-order valence-corrected chi connectivity index (χ1v) is 7.50. The highest BCUT2D eigenvalue weighted by Gasteiger charge is 2.36. The predicted molar refractivity (Wildman–Crippen MR) is 78.1 cm³/mol. The van der Waals surface area contributed by atoms with Crippen LogP contribution >= 0.6 is 0 Å². The predicted octanol–water partition coefficient (Wildman–Crippen LogP) is 2.04. The molecule has 0 spiro atoms. The molecule has 4 heteroatoms. The zero-order valence-corrected chi connectivity index (χ0v) is 13.2. The molecule has 1 aliphatic heterocycles. The van der Waals surface area contributed by atoms with Crippen molar-refractivity contribution < 1.29 is 9.53 Å². The van der Waals surface area contributed by atoms with E-state index in [0.717, 1.165) is 26.1 Å². The number of hydrogen-bond acceptors (Lipinski definition) is 3. The smallest absolute Gasteiger partial charge is 0.254 e. The Hall–Kier alpha value is -0.610. The second kappa shape index (κ2) is 7.25. The van der Waals surface area contributed by atoms with Gasteiger partial charge in [0.15, 0.2) is 0 Å². The number of likely N-dealkylation sites (tertiary alicyclic amines) is 1. The van der Waals surface area contributed by atoms with Gasteiger partial charge in [-0.2, -0.15) is 0 Å². The third-order valence-electron chi connectivity index (χ3n) is 4.20. The summed E-state index contributed by atoms with van der Waals surface area (Å²) in [5.41, 5.74) is -0.659. The van der Waals surface area contributed by atoms with Gasteiger partial charge in [0.25, 0.3) is 5.91 Å². The third-order valence-corrected chi connectivity index (χ3v) is 4.20. The summed E-state index contributed by atoms with van der Waals surface area (Å²) in [6.07, 6.45) is 3.02. The Bertz CT molecular complexity index is 288. The molecule has 0 bridgehead atoms. The summed E-state index contributed by atoms with van der Waals surface area (Å²) in [6.45, 7) is 10.9. The number of carbonyl (C=O) groups is 1. The Morgan fingerprint density at radius 3 is 2.74 bits per heavy atom. The fourth-order valence-corrected chi connectivity index (χ4v) is 2.54. The molecule has 0 radical (unpaired) electrons. The Morgan fingerprint density at radius 1 is 1.53 bits per heavy atom. The van der Waals surface area contributed by atoms with Crippen LogP contribution in [0, 0.1) is 5.92 Å². The highest BCUT2D eigenvalue weighted by atomic mass is 16.5. The normalized spacial score (nSPS) is 23.5. The molecule has 0 aromatic rings. The summed E-state index contributed by atoms with van der Waals surface area (Å²) in [7, 11) is 1.63. The Morgan fingerprint density at radius 2 is 2.21 bits per heavy atom. The van der Waals surface area contributed by atoms with Gasteiger partial charge in [0.2, 0.25) is 0 Å². The van der Waals surface area contributed by atoms with Gasteiger partial charge >= 0.3 is 0 Å². The molecule has 2 atom stereocenters. The number of nitrogens with zero attached hydrogens (tertiary/aromatic N) is 1. The van der Waals surface area contributed by atoms with Crippen molar-refractivity contribution in [1.82, 2.24) is 10.2 Å². The van der Waals surface area contributed by atoms with Crippen molar-refractivity contribution in [3.05, 3.63) is 0 Å². The maximum atomic E-state index is 12.5. The van der Waals surface area contributed by atoms with Crippen molar-refractivity contribution in [2.24, 2.45) is 5.92 Å². The number of piperidine rings is 1. The Kier molecular flexibility index (Phi) is 6.27.